The summed E-state index contributed by atoms with van der Waals surface area (Å²) in [4.78, 5) is 50.2. The van der Waals surface area contributed by atoms with Crippen LogP contribution in [-0.2, 0) is 9.59 Å². The molecule has 16 heteroatoms. The molecule has 3 aromatic rings. The molecule has 0 saturated carbocycles. The van der Waals surface area contributed by atoms with Crippen LogP contribution in [0.1, 0.15) is 55.3 Å². The third kappa shape index (κ3) is 12.2. The second-order valence-corrected chi connectivity index (χ2v) is 18.1. The zero-order valence-electron chi connectivity index (χ0n) is 37.5. The van der Waals surface area contributed by atoms with Crippen molar-refractivity contribution < 1.29 is 38.2 Å². The van der Waals surface area contributed by atoms with Gasteiger partial charge in [-0.15, -0.1) is 0 Å². The van der Waals surface area contributed by atoms with Gasteiger partial charge in [0.05, 0.1) is 23.8 Å². The number of carboxylic acids is 1. The van der Waals surface area contributed by atoms with Crippen molar-refractivity contribution in [1.29, 1.82) is 0 Å². The van der Waals surface area contributed by atoms with E-state index in [0.29, 0.717) is 47.5 Å². The molecule has 0 aromatic heterocycles. The summed E-state index contributed by atoms with van der Waals surface area (Å²) in [5, 5.41) is 26.7. The summed E-state index contributed by atoms with van der Waals surface area (Å²) in [6.07, 6.45) is 5.82. The molecule has 3 aliphatic heterocycles. The molecule has 6 N–H and O–H groups in total. The Balaban J connectivity index is 0.862. The van der Waals surface area contributed by atoms with Gasteiger partial charge in [-0.2, -0.15) is 11.8 Å². The number of carbonyl (C=O) groups is 4. The number of carboxylic acid groups (broad SMARTS) is 1. The van der Waals surface area contributed by atoms with Crippen molar-refractivity contribution in [1.82, 2.24) is 25.8 Å². The van der Waals surface area contributed by atoms with Crippen LogP contribution >= 0.6 is 11.8 Å². The number of aliphatic carboxylic acids is 1. The Morgan fingerprint density at radius 1 is 0.877 bits per heavy atom. The molecule has 3 aromatic carbocycles. The zero-order valence-corrected chi connectivity index (χ0v) is 38.4. The van der Waals surface area contributed by atoms with E-state index in [4.69, 9.17) is 13.9 Å². The van der Waals surface area contributed by atoms with Crippen molar-refractivity contribution in [3.8, 4) is 33.9 Å². The minimum absolute atomic E-state index is 0.0669. The molecule has 2 fully saturated rings. The van der Waals surface area contributed by atoms with Crippen LogP contribution < -0.4 is 50.9 Å². The summed E-state index contributed by atoms with van der Waals surface area (Å²) in [5.41, 5.74) is 5.55. The van der Waals surface area contributed by atoms with Gasteiger partial charge in [-0.1, -0.05) is 12.5 Å². The fourth-order valence-corrected chi connectivity index (χ4v) is 9.73. The number of ether oxygens (including phenoxy) is 2. The topological polar surface area (TPSA) is 187 Å². The molecule has 344 valence electrons. The number of thioether (sulfide) groups is 1. The first-order chi connectivity index (χ1) is 31.4. The quantitative estimate of drug-likeness (QED) is 0.0207. The first-order valence-electron chi connectivity index (χ1n) is 22.3. The Hall–Kier alpha value is -6.42. The van der Waals surface area contributed by atoms with Gasteiger partial charge in [0.1, 0.15) is 56.7 Å². The Morgan fingerprint density at radius 2 is 1.66 bits per heavy atom. The first kappa shape index (κ1) is 46.6. The number of hydrogen-bond acceptors (Lipinski definition) is 10. The lowest BCUT2D eigenvalue weighted by atomic mass is 9.93. The van der Waals surface area contributed by atoms with Gasteiger partial charge in [0.2, 0.25) is 11.3 Å². The van der Waals surface area contributed by atoms with Gasteiger partial charge >= 0.3 is 12.0 Å². The number of benzene rings is 4. The minimum Gasteiger partial charge on any atom is -0.490 e. The summed E-state index contributed by atoms with van der Waals surface area (Å²) >= 11 is 1.90. The Bertz CT molecular complexity index is 2520. The maximum absolute atomic E-state index is 12.8. The van der Waals surface area contributed by atoms with Crippen LogP contribution in [0, 0.1) is 0 Å². The standard InChI is InChI=1S/C49H59N7O8S/c1-55(2)33-15-19-36-40(27-33)64-41-28-34(56(3)4)16-20-37(41)46(36)32-14-21-38(52-29-45(58)59)42(26-32)63-25-24-62-35-17-12-31(13-18-35)48(60)51-23-9-5-8-22-50-44(57)11-7-6-10-43-47-39(30-65-43)53-49(61)54-47/h12-21,26-28,39,43,47H,5-11,22-25,29-30H2,1-4H3,(H5,50,51,53,54,57,58,59,60,61)/p+1. The van der Waals surface area contributed by atoms with Crippen LogP contribution in [0.15, 0.2) is 83.3 Å². The molecule has 1 aliphatic carbocycles. The fraction of sp³-hybridized carbons (Fsp3) is 0.408. The van der Waals surface area contributed by atoms with E-state index in [2.05, 4.69) is 50.8 Å². The van der Waals surface area contributed by atoms with Crippen LogP contribution in [0.3, 0.4) is 0 Å². The Morgan fingerprint density at radius 3 is 2.43 bits per heavy atom. The third-order valence-electron chi connectivity index (χ3n) is 11.7. The van der Waals surface area contributed by atoms with Crippen LogP contribution in [0.4, 0.5) is 16.2 Å². The second kappa shape index (κ2) is 22.0. The number of amides is 4. The number of unbranched alkanes of at least 4 members (excludes halogenated alkanes) is 3. The van der Waals surface area contributed by atoms with Gasteiger partial charge in [0.15, 0.2) is 0 Å². The lowest BCUT2D eigenvalue weighted by Crippen LogP contribution is -2.36. The van der Waals surface area contributed by atoms with Crippen molar-refractivity contribution in [2.24, 2.45) is 0 Å². The van der Waals surface area contributed by atoms with E-state index < -0.39 is 5.97 Å². The maximum atomic E-state index is 12.8. The average molecular weight is 907 g/mol. The molecule has 4 aliphatic rings. The number of anilines is 2. The fourth-order valence-electron chi connectivity index (χ4n) is 8.18. The summed E-state index contributed by atoms with van der Waals surface area (Å²) in [7, 11) is 7.95. The average Bonchev–Trinajstić information content (AvgIpc) is 3.85. The highest BCUT2D eigenvalue weighted by molar-refractivity contribution is 8.00. The summed E-state index contributed by atoms with van der Waals surface area (Å²) < 4.78 is 20.8. The van der Waals surface area contributed by atoms with E-state index in [0.717, 1.165) is 88.7 Å². The zero-order chi connectivity index (χ0) is 45.9. The van der Waals surface area contributed by atoms with Crippen molar-refractivity contribution in [3.05, 3.63) is 89.8 Å². The highest BCUT2D eigenvalue weighted by atomic mass is 32.2. The van der Waals surface area contributed by atoms with Crippen molar-refractivity contribution in [3.63, 3.8) is 0 Å². The minimum atomic E-state index is -0.996. The third-order valence-corrected chi connectivity index (χ3v) is 13.2. The number of urea groups is 1. The molecule has 3 atom stereocenters. The largest absolute Gasteiger partial charge is 0.490 e. The second-order valence-electron chi connectivity index (χ2n) is 16.8. The smallest absolute Gasteiger partial charge is 0.322 e. The molecule has 15 nitrogen and oxygen atoms in total. The van der Waals surface area contributed by atoms with Gasteiger partial charge in [-0.25, -0.2) is 9.37 Å². The summed E-state index contributed by atoms with van der Waals surface area (Å²) in [5.74, 6) is 1.62. The van der Waals surface area contributed by atoms with E-state index in [1.165, 1.54) is 0 Å². The van der Waals surface area contributed by atoms with E-state index in [1.807, 2.05) is 79.8 Å². The van der Waals surface area contributed by atoms with Crippen LogP contribution in [0.25, 0.3) is 33.4 Å². The van der Waals surface area contributed by atoms with Gasteiger partial charge in [0, 0.05) is 84.5 Å². The van der Waals surface area contributed by atoms with Gasteiger partial charge < -0.3 is 50.5 Å². The van der Waals surface area contributed by atoms with Crippen LogP contribution in [0.2, 0.25) is 0 Å². The molecule has 3 heterocycles. The molecular formula is C49H60N7O8S+. The van der Waals surface area contributed by atoms with E-state index in [-0.39, 0.29) is 49.7 Å². The molecule has 2 saturated heterocycles. The SMILES string of the molecule is CN(C)c1ccc2c(-c3ccc(NCC(=O)O)c(OCCOc4ccc(C(=O)NCCCCCNC(=O)CCCCC5SCC6NC(=O)NC65)cc4)c3)c3ccc(=[N+](C)C)cc-3oc2c1. The number of hydrogen-bond donors (Lipinski definition) is 6. The molecule has 65 heavy (non-hydrogen) atoms. The Labute approximate surface area is 383 Å². The van der Waals surface area contributed by atoms with Crippen molar-refractivity contribution >= 4 is 57.9 Å². The number of carbonyl (C=O) groups excluding carboxylic acids is 3. The molecular weight excluding hydrogens is 847 g/mol. The highest BCUT2D eigenvalue weighted by Crippen LogP contribution is 2.43. The molecule has 0 bridgehead atoms. The van der Waals surface area contributed by atoms with Gasteiger partial charge in [0.25, 0.3) is 5.91 Å². The van der Waals surface area contributed by atoms with Crippen molar-refractivity contribution in [2.45, 2.75) is 62.3 Å². The Kier molecular flexibility index (Phi) is 15.7. The summed E-state index contributed by atoms with van der Waals surface area (Å²) in [6, 6.07) is 25.2. The lowest BCUT2D eigenvalue weighted by molar-refractivity contribution is -0.135. The number of fused-ring (bicyclic) bond motifs is 3. The highest BCUT2D eigenvalue weighted by Gasteiger charge is 2.42. The monoisotopic (exact) mass is 906 g/mol. The predicted octanol–water partition coefficient (Wildman–Crippen LogP) is 6.00. The summed E-state index contributed by atoms with van der Waals surface area (Å²) in [6.45, 7) is 1.23. The molecule has 0 radical (unpaired) electrons. The predicted molar refractivity (Wildman–Crippen MR) is 256 cm³/mol. The molecule has 4 amide bonds. The van der Waals surface area contributed by atoms with E-state index in [1.54, 1.807) is 24.3 Å². The number of nitrogens with one attached hydrogen (secondary N) is 5. The molecule has 3 unspecified atom stereocenters. The van der Waals surface area contributed by atoms with E-state index in [9.17, 15) is 24.3 Å². The maximum Gasteiger partial charge on any atom is 0.322 e. The van der Waals surface area contributed by atoms with Crippen molar-refractivity contribution in [2.75, 3.05) is 77.0 Å². The normalized spacial score (nSPS) is 16.4. The van der Waals surface area contributed by atoms with Gasteiger partial charge in [-0.3, -0.25) is 14.4 Å². The van der Waals surface area contributed by atoms with E-state index >= 15 is 0 Å². The molecule has 7 rings (SSSR count). The van der Waals surface area contributed by atoms with Gasteiger partial charge in [-0.05, 0) is 92.3 Å². The van der Waals surface area contributed by atoms with Crippen LogP contribution in [0.5, 0.6) is 11.5 Å². The lowest BCUT2D eigenvalue weighted by Gasteiger charge is -2.19. The first-order valence-corrected chi connectivity index (χ1v) is 23.4. The number of nitrogens with zero attached hydrogens (tertiary/aromatic N) is 2. The molecule has 0 spiro atoms. The van der Waals surface area contributed by atoms with Crippen LogP contribution in [-0.4, -0.2) is 113 Å². The number of rotatable bonds is 22.